The third kappa shape index (κ3) is 8.50. The summed E-state index contributed by atoms with van der Waals surface area (Å²) in [5.41, 5.74) is -0.592. The second kappa shape index (κ2) is 16.1. The van der Waals surface area contributed by atoms with Crippen molar-refractivity contribution in [1.29, 1.82) is 0 Å². The summed E-state index contributed by atoms with van der Waals surface area (Å²) < 4.78 is 29.3. The van der Waals surface area contributed by atoms with Gasteiger partial charge in [0, 0.05) is 40.0 Å². The molecule has 1 N–H and O–H groups in total. The average molecular weight is 737 g/mol. The van der Waals surface area contributed by atoms with Gasteiger partial charge in [0.1, 0.15) is 46.3 Å². The lowest BCUT2D eigenvalue weighted by molar-refractivity contribution is -0.187. The Balaban J connectivity index is 1.78. The van der Waals surface area contributed by atoms with Gasteiger partial charge < -0.3 is 38.6 Å². The number of likely N-dealkylation sites (N-methyl/N-ethyl adjacent to an activating group) is 1. The second-order valence-corrected chi connectivity index (χ2v) is 14.5. The van der Waals surface area contributed by atoms with Crippen molar-refractivity contribution in [2.24, 2.45) is 5.92 Å². The van der Waals surface area contributed by atoms with Gasteiger partial charge in [-0.1, -0.05) is 42.3 Å². The van der Waals surface area contributed by atoms with E-state index in [2.05, 4.69) is 12.6 Å². The largest absolute Gasteiger partial charge is 0.495 e. The van der Waals surface area contributed by atoms with Crippen LogP contribution < -0.4 is 9.64 Å². The molecule has 1 aromatic carbocycles. The molecule has 2 unspecified atom stereocenters. The molecular formula is C36H49ClN2O10S. The van der Waals surface area contributed by atoms with Crippen LogP contribution in [-0.2, 0) is 44.5 Å². The van der Waals surface area contributed by atoms with Gasteiger partial charge in [-0.25, -0.2) is 4.79 Å². The molecule has 2 fully saturated rings. The van der Waals surface area contributed by atoms with Crippen molar-refractivity contribution in [3.05, 3.63) is 46.5 Å². The number of epoxide rings is 1. The average Bonchev–Trinajstić information content (AvgIpc) is 3.76. The Hall–Kier alpha value is -3.10. The fourth-order valence-electron chi connectivity index (χ4n) is 6.74. The molecule has 276 valence electrons. The first-order valence-corrected chi connectivity index (χ1v) is 17.7. The van der Waals surface area contributed by atoms with Crippen LogP contribution in [0.3, 0.4) is 0 Å². The Morgan fingerprint density at radius 1 is 1.26 bits per heavy atom. The molecule has 0 radical (unpaired) electrons. The maximum Gasteiger partial charge on any atom is 0.328 e. The smallest absolute Gasteiger partial charge is 0.328 e. The lowest BCUT2D eigenvalue weighted by atomic mass is 9.78. The van der Waals surface area contributed by atoms with E-state index in [0.29, 0.717) is 23.6 Å². The van der Waals surface area contributed by atoms with Crippen LogP contribution in [0.15, 0.2) is 35.9 Å². The van der Waals surface area contributed by atoms with Crippen molar-refractivity contribution < 1.29 is 48.0 Å². The number of aliphatic hydroxyl groups is 1. The summed E-state index contributed by atoms with van der Waals surface area (Å²) in [6.07, 6.45) is 2.14. The molecule has 8 atom stereocenters. The minimum Gasteiger partial charge on any atom is -0.495 e. The topological polar surface area (TPSA) is 144 Å². The lowest BCUT2D eigenvalue weighted by Gasteiger charge is -2.41. The van der Waals surface area contributed by atoms with Crippen molar-refractivity contribution in [3.8, 4) is 5.75 Å². The Kier molecular flexibility index (Phi) is 12.7. The molecule has 12 nitrogen and oxygen atoms in total. The lowest BCUT2D eigenvalue weighted by Crippen LogP contribution is -2.53. The highest BCUT2D eigenvalue weighted by Crippen LogP contribution is 2.50. The van der Waals surface area contributed by atoms with Gasteiger partial charge in [-0.15, -0.1) is 0 Å². The number of nitrogens with zero attached hydrogens (tertiary/aromatic N) is 2. The number of methoxy groups -OCH3 is 2. The van der Waals surface area contributed by atoms with E-state index < -0.39 is 65.4 Å². The first-order valence-electron chi connectivity index (χ1n) is 16.7. The third-order valence-corrected chi connectivity index (χ3v) is 10.7. The molecule has 2 amide bonds. The van der Waals surface area contributed by atoms with Crippen LogP contribution in [-0.4, -0.2) is 109 Å². The first-order chi connectivity index (χ1) is 23.5. The summed E-state index contributed by atoms with van der Waals surface area (Å²) in [7, 11) is 6.04. The monoisotopic (exact) mass is 736 g/mol. The number of benzene rings is 1. The predicted molar refractivity (Wildman–Crippen MR) is 191 cm³/mol. The van der Waals surface area contributed by atoms with Crippen LogP contribution in [0.4, 0.5) is 5.69 Å². The summed E-state index contributed by atoms with van der Waals surface area (Å²) in [5, 5.41) is 12.0. The molecular weight excluding hydrogens is 688 g/mol. The number of rotatable bonds is 7. The van der Waals surface area contributed by atoms with Crippen molar-refractivity contribution >= 4 is 53.7 Å². The van der Waals surface area contributed by atoms with Crippen molar-refractivity contribution in [1.82, 2.24) is 4.90 Å². The summed E-state index contributed by atoms with van der Waals surface area (Å²) in [6.45, 7) is 7.03. The molecule has 1 aromatic rings. The SMILES string of the molecule is COc1cc2cc(c1Cl)N(C)C(=O)CC(OC(=O)C(C)N(C)C(=O)CCS)[C@]1(C)O[C@H]1[C@H](C)[C@@H]1C[C@@](O)(CC(=O)O1)[C@H](OC)/C=C/C=C(\C)C2. The number of esters is 2. The molecule has 0 saturated carbocycles. The van der Waals surface area contributed by atoms with E-state index in [9.17, 15) is 24.3 Å². The van der Waals surface area contributed by atoms with E-state index in [0.717, 1.165) is 11.1 Å². The highest BCUT2D eigenvalue weighted by Gasteiger charge is 2.64. The summed E-state index contributed by atoms with van der Waals surface area (Å²) in [6, 6.07) is 2.63. The molecule has 3 aliphatic rings. The number of anilines is 1. The van der Waals surface area contributed by atoms with Crippen LogP contribution in [0.1, 0.15) is 58.9 Å². The molecule has 3 aliphatic heterocycles. The van der Waals surface area contributed by atoms with Gasteiger partial charge >= 0.3 is 11.9 Å². The van der Waals surface area contributed by atoms with Gasteiger partial charge in [0.05, 0.1) is 31.7 Å². The van der Waals surface area contributed by atoms with Crippen LogP contribution in [0.25, 0.3) is 0 Å². The Morgan fingerprint density at radius 2 is 1.96 bits per heavy atom. The number of amides is 2. The van der Waals surface area contributed by atoms with Crippen LogP contribution in [0, 0.1) is 5.92 Å². The molecule has 2 saturated heterocycles. The third-order valence-electron chi connectivity index (χ3n) is 10.1. The summed E-state index contributed by atoms with van der Waals surface area (Å²) in [4.78, 5) is 55.7. The highest BCUT2D eigenvalue weighted by atomic mass is 35.5. The van der Waals surface area contributed by atoms with E-state index in [1.54, 1.807) is 45.2 Å². The summed E-state index contributed by atoms with van der Waals surface area (Å²) >= 11 is 10.9. The fraction of sp³-hybridized carbons (Fsp3) is 0.611. The van der Waals surface area contributed by atoms with Crippen LogP contribution >= 0.6 is 24.2 Å². The van der Waals surface area contributed by atoms with Crippen LogP contribution in [0.2, 0.25) is 5.02 Å². The van der Waals surface area contributed by atoms with Gasteiger partial charge in [-0.05, 0) is 50.6 Å². The number of hydrogen-bond donors (Lipinski definition) is 2. The number of carbonyl (C=O) groups is 4. The zero-order valence-electron chi connectivity index (χ0n) is 29.9. The number of hydrogen-bond acceptors (Lipinski definition) is 11. The summed E-state index contributed by atoms with van der Waals surface area (Å²) in [5.74, 6) is -1.81. The van der Waals surface area contributed by atoms with Gasteiger partial charge in [-0.2, -0.15) is 12.6 Å². The standard InChI is InChI=1S/C36H49ClN2O10S/c1-20-10-9-11-27(46-8)36(44)18-26(47-31(42)19-36)21(2)33-35(4,49-33)28(48-34(43)22(3)38(5)29(40)12-13-50)17-30(41)39(6)24-15-23(14-20)16-25(45-7)32(24)37/h9-11,15-16,21-22,26-28,33,44,50H,12-14,17-19H2,1-8H3/b11-9+,20-10+/t21-,22?,26+,27-,28?,33+,35+,36-/m1/s1. The molecule has 3 heterocycles. The zero-order chi connectivity index (χ0) is 37.1. The van der Waals surface area contributed by atoms with Gasteiger partial charge in [0.25, 0.3) is 0 Å². The molecule has 0 aliphatic carbocycles. The van der Waals surface area contributed by atoms with Crippen molar-refractivity contribution in [2.75, 3.05) is 39.0 Å². The van der Waals surface area contributed by atoms with Crippen LogP contribution in [0.5, 0.6) is 5.75 Å². The molecule has 4 bridgehead atoms. The number of allylic oxidation sites excluding steroid dienone is 3. The predicted octanol–water partition coefficient (Wildman–Crippen LogP) is 4.08. The van der Waals surface area contributed by atoms with Gasteiger partial charge in [0.15, 0.2) is 0 Å². The van der Waals surface area contributed by atoms with Crippen molar-refractivity contribution in [3.63, 3.8) is 0 Å². The minimum absolute atomic E-state index is 0.0622. The maximum atomic E-state index is 14.0. The Labute approximate surface area is 304 Å². The first kappa shape index (κ1) is 39.7. The number of halogens is 1. The van der Waals surface area contributed by atoms with Crippen molar-refractivity contribution in [2.45, 2.75) is 101 Å². The van der Waals surface area contributed by atoms with E-state index in [1.807, 2.05) is 19.9 Å². The molecule has 0 aromatic heterocycles. The highest BCUT2D eigenvalue weighted by molar-refractivity contribution is 7.80. The van der Waals surface area contributed by atoms with Gasteiger partial charge in [-0.3, -0.25) is 14.4 Å². The number of carbonyl (C=O) groups excluding carboxylic acids is 4. The Bertz CT molecular complexity index is 1540. The minimum atomic E-state index is -1.57. The Morgan fingerprint density at radius 3 is 2.60 bits per heavy atom. The molecule has 4 rings (SSSR count). The van der Waals surface area contributed by atoms with E-state index in [4.69, 9.17) is 35.3 Å². The molecule has 0 spiro atoms. The van der Waals surface area contributed by atoms with Gasteiger partial charge in [0.2, 0.25) is 11.8 Å². The normalized spacial score (nSPS) is 32.5. The number of thiol groups is 1. The molecule has 50 heavy (non-hydrogen) atoms. The number of fused-ring (bicyclic) bond motifs is 5. The number of ether oxygens (including phenoxy) is 5. The van der Waals surface area contributed by atoms with E-state index in [1.165, 1.54) is 31.1 Å². The van der Waals surface area contributed by atoms with E-state index >= 15 is 0 Å². The maximum absolute atomic E-state index is 14.0. The van der Waals surface area contributed by atoms with E-state index in [-0.39, 0.29) is 36.6 Å². The zero-order valence-corrected chi connectivity index (χ0v) is 31.6. The quantitative estimate of drug-likeness (QED) is 0.239. The second-order valence-electron chi connectivity index (χ2n) is 13.7. The fourth-order valence-corrected chi connectivity index (χ4v) is 7.25. The molecule has 14 heteroatoms.